The first-order chi connectivity index (χ1) is 17.6. The predicted molar refractivity (Wildman–Crippen MR) is 150 cm³/mol. The summed E-state index contributed by atoms with van der Waals surface area (Å²) >= 11 is 0. The van der Waals surface area contributed by atoms with Crippen molar-refractivity contribution >= 4 is 12.0 Å². The zero-order valence-electron chi connectivity index (χ0n) is 23.7. The van der Waals surface area contributed by atoms with E-state index in [1.54, 1.807) is 6.08 Å². The van der Waals surface area contributed by atoms with Gasteiger partial charge in [-0.25, -0.2) is 4.79 Å². The first kappa shape index (κ1) is 31.9. The molecule has 0 radical (unpaired) electrons. The molecule has 0 N–H and O–H groups in total. The molecule has 0 spiro atoms. The molecule has 1 unspecified atom stereocenters. The third-order valence-corrected chi connectivity index (χ3v) is 6.14. The van der Waals surface area contributed by atoms with Crippen LogP contribution in [0.3, 0.4) is 0 Å². The summed E-state index contributed by atoms with van der Waals surface area (Å²) in [6.45, 7) is 12.4. The summed E-state index contributed by atoms with van der Waals surface area (Å²) in [6, 6.07) is 3.88. The van der Waals surface area contributed by atoms with Gasteiger partial charge in [-0.3, -0.25) is 0 Å². The first-order valence-electron chi connectivity index (χ1n) is 14.5. The second-order valence-corrected chi connectivity index (χ2v) is 9.53. The normalized spacial score (nSPS) is 12.0. The average Bonchev–Trinajstić information content (AvgIpc) is 2.88. The van der Waals surface area contributed by atoms with Crippen LogP contribution < -0.4 is 14.2 Å². The van der Waals surface area contributed by atoms with Gasteiger partial charge in [0.2, 0.25) is 5.75 Å². The molecule has 0 aliphatic rings. The van der Waals surface area contributed by atoms with Gasteiger partial charge in [0, 0.05) is 11.6 Å². The fraction of sp³-hybridized carbons (Fsp3) is 0.710. The second-order valence-electron chi connectivity index (χ2n) is 9.53. The zero-order valence-corrected chi connectivity index (χ0v) is 23.7. The molecule has 206 valence electrons. The van der Waals surface area contributed by atoms with Gasteiger partial charge in [-0.15, -0.1) is 0 Å². The minimum Gasteiger partial charge on any atom is -0.490 e. The molecule has 0 saturated heterocycles. The SMILES string of the molecule is CCCCCCOc1ccc(C=CC(=O)OC(C)CC)c(OCCCCCC)c1OCCCCCC. The van der Waals surface area contributed by atoms with E-state index in [4.69, 9.17) is 18.9 Å². The van der Waals surface area contributed by atoms with Gasteiger partial charge in [0.05, 0.1) is 25.9 Å². The van der Waals surface area contributed by atoms with Gasteiger partial charge in [-0.05, 0) is 50.8 Å². The van der Waals surface area contributed by atoms with Crippen molar-refractivity contribution in [2.24, 2.45) is 0 Å². The third-order valence-electron chi connectivity index (χ3n) is 6.14. The van der Waals surface area contributed by atoms with Crippen LogP contribution in [0.1, 0.15) is 124 Å². The minimum atomic E-state index is -0.350. The largest absolute Gasteiger partial charge is 0.490 e. The van der Waals surface area contributed by atoms with E-state index in [2.05, 4.69) is 20.8 Å². The van der Waals surface area contributed by atoms with Crippen molar-refractivity contribution in [3.63, 3.8) is 0 Å². The van der Waals surface area contributed by atoms with Crippen LogP contribution in [0.25, 0.3) is 6.08 Å². The van der Waals surface area contributed by atoms with E-state index in [1.807, 2.05) is 26.0 Å². The molecule has 0 fully saturated rings. The van der Waals surface area contributed by atoms with Crippen molar-refractivity contribution in [2.45, 2.75) is 124 Å². The Morgan fingerprint density at radius 2 is 1.25 bits per heavy atom. The number of esters is 1. The summed E-state index contributed by atoms with van der Waals surface area (Å²) in [5, 5.41) is 0. The monoisotopic (exact) mass is 504 g/mol. The van der Waals surface area contributed by atoms with Crippen molar-refractivity contribution in [1.82, 2.24) is 0 Å². The maximum absolute atomic E-state index is 12.3. The molecular formula is C31H52O5. The topological polar surface area (TPSA) is 54.0 Å². The molecule has 0 aliphatic heterocycles. The van der Waals surface area contributed by atoms with Gasteiger partial charge in [0.15, 0.2) is 11.5 Å². The van der Waals surface area contributed by atoms with E-state index in [0.29, 0.717) is 37.1 Å². The maximum atomic E-state index is 12.3. The fourth-order valence-corrected chi connectivity index (χ4v) is 3.69. The zero-order chi connectivity index (χ0) is 26.4. The molecule has 0 aromatic heterocycles. The highest BCUT2D eigenvalue weighted by Gasteiger charge is 2.18. The highest BCUT2D eigenvalue weighted by molar-refractivity contribution is 5.88. The Morgan fingerprint density at radius 3 is 1.78 bits per heavy atom. The van der Waals surface area contributed by atoms with Crippen LogP contribution in [-0.4, -0.2) is 31.9 Å². The fourth-order valence-electron chi connectivity index (χ4n) is 3.69. The van der Waals surface area contributed by atoms with Gasteiger partial charge in [0.25, 0.3) is 0 Å². The molecule has 0 aliphatic carbocycles. The number of benzene rings is 1. The summed E-state index contributed by atoms with van der Waals surface area (Å²) in [5.41, 5.74) is 0.800. The molecule has 1 aromatic rings. The molecule has 1 atom stereocenters. The Labute approximate surface area is 220 Å². The first-order valence-corrected chi connectivity index (χ1v) is 14.5. The third kappa shape index (κ3) is 13.8. The van der Waals surface area contributed by atoms with Gasteiger partial charge in [-0.1, -0.05) is 85.5 Å². The highest BCUT2D eigenvalue weighted by atomic mass is 16.5. The number of ether oxygens (including phenoxy) is 4. The lowest BCUT2D eigenvalue weighted by Crippen LogP contribution is -2.11. The summed E-state index contributed by atoms with van der Waals surface area (Å²) in [5.74, 6) is 1.66. The molecule has 0 heterocycles. The molecule has 5 heteroatoms. The van der Waals surface area contributed by atoms with Crippen molar-refractivity contribution in [3.8, 4) is 17.2 Å². The number of unbranched alkanes of at least 4 members (excludes halogenated alkanes) is 9. The van der Waals surface area contributed by atoms with Crippen LogP contribution in [0.5, 0.6) is 17.2 Å². The summed E-state index contributed by atoms with van der Waals surface area (Å²) in [6.07, 6.45) is 17.5. The molecule has 0 saturated carbocycles. The number of carbonyl (C=O) groups is 1. The lowest BCUT2D eigenvalue weighted by Gasteiger charge is -2.19. The van der Waals surface area contributed by atoms with E-state index in [-0.39, 0.29) is 12.1 Å². The summed E-state index contributed by atoms with van der Waals surface area (Å²) in [4.78, 5) is 12.3. The molecule has 5 nitrogen and oxygen atoms in total. The highest BCUT2D eigenvalue weighted by Crippen LogP contribution is 2.41. The lowest BCUT2D eigenvalue weighted by atomic mass is 10.1. The van der Waals surface area contributed by atoms with E-state index < -0.39 is 0 Å². The Kier molecular flexibility index (Phi) is 18.6. The van der Waals surface area contributed by atoms with Crippen molar-refractivity contribution in [2.75, 3.05) is 19.8 Å². The van der Waals surface area contributed by atoms with E-state index in [1.165, 1.54) is 44.6 Å². The van der Waals surface area contributed by atoms with E-state index in [9.17, 15) is 4.79 Å². The van der Waals surface area contributed by atoms with E-state index >= 15 is 0 Å². The predicted octanol–water partition coefficient (Wildman–Crippen LogP) is 8.92. The van der Waals surface area contributed by atoms with Crippen LogP contribution in [0.4, 0.5) is 0 Å². The van der Waals surface area contributed by atoms with Crippen LogP contribution in [0.2, 0.25) is 0 Å². The van der Waals surface area contributed by atoms with Gasteiger partial charge < -0.3 is 18.9 Å². The summed E-state index contributed by atoms with van der Waals surface area (Å²) in [7, 11) is 0. The number of rotatable bonds is 22. The number of hydrogen-bond acceptors (Lipinski definition) is 5. The van der Waals surface area contributed by atoms with Gasteiger partial charge >= 0.3 is 5.97 Å². The quantitative estimate of drug-likeness (QED) is 0.0896. The summed E-state index contributed by atoms with van der Waals surface area (Å²) < 4.78 is 24.2. The standard InChI is InChI=1S/C31H52O5/c1-6-10-13-16-23-33-28-21-19-27(20-22-29(32)36-26(5)9-4)30(34-24-17-14-11-7-2)31(28)35-25-18-15-12-8-3/h19-22,26H,6-18,23-25H2,1-5H3. The molecule has 0 amide bonds. The molecular weight excluding hydrogens is 452 g/mol. The smallest absolute Gasteiger partial charge is 0.331 e. The van der Waals surface area contributed by atoms with Crippen LogP contribution in [0.15, 0.2) is 18.2 Å². The average molecular weight is 505 g/mol. The number of hydrogen-bond donors (Lipinski definition) is 0. The second kappa shape index (κ2) is 21.0. The number of carbonyl (C=O) groups excluding carboxylic acids is 1. The Hall–Kier alpha value is -2.17. The lowest BCUT2D eigenvalue weighted by molar-refractivity contribution is -0.142. The van der Waals surface area contributed by atoms with Gasteiger partial charge in [0.1, 0.15) is 0 Å². The molecule has 0 bridgehead atoms. The van der Waals surface area contributed by atoms with Crippen molar-refractivity contribution in [1.29, 1.82) is 0 Å². The molecule has 1 rings (SSSR count). The molecule has 1 aromatic carbocycles. The van der Waals surface area contributed by atoms with Gasteiger partial charge in [-0.2, -0.15) is 0 Å². The Morgan fingerprint density at radius 1 is 0.722 bits per heavy atom. The minimum absolute atomic E-state index is 0.109. The van der Waals surface area contributed by atoms with Crippen LogP contribution in [0, 0.1) is 0 Å². The van der Waals surface area contributed by atoms with Crippen LogP contribution >= 0.6 is 0 Å². The maximum Gasteiger partial charge on any atom is 0.331 e. The van der Waals surface area contributed by atoms with E-state index in [0.717, 1.165) is 50.5 Å². The van der Waals surface area contributed by atoms with Crippen molar-refractivity contribution in [3.05, 3.63) is 23.8 Å². The Bertz CT molecular complexity index is 728. The molecule has 36 heavy (non-hydrogen) atoms. The Balaban J connectivity index is 3.14. The van der Waals surface area contributed by atoms with Crippen LogP contribution in [-0.2, 0) is 9.53 Å². The van der Waals surface area contributed by atoms with Crippen molar-refractivity contribution < 1.29 is 23.7 Å².